The second-order valence-corrected chi connectivity index (χ2v) is 5.23. The van der Waals surface area contributed by atoms with E-state index < -0.39 is 5.41 Å². The van der Waals surface area contributed by atoms with Gasteiger partial charge in [0.05, 0.1) is 0 Å². The monoisotopic (exact) mass is 255 g/mol. The first-order valence-electron chi connectivity index (χ1n) is 6.55. The van der Waals surface area contributed by atoms with Crippen molar-refractivity contribution in [1.29, 1.82) is 0 Å². The van der Waals surface area contributed by atoms with Gasteiger partial charge >= 0.3 is 0 Å². The molecule has 0 aromatic carbocycles. The minimum absolute atomic E-state index is 0.00163. The number of rotatable bonds is 5. The van der Waals surface area contributed by atoms with Crippen LogP contribution in [0.15, 0.2) is 5.16 Å². The maximum atomic E-state index is 12.5. The number of nitrogens with zero attached hydrogens (tertiary/aromatic N) is 2. The van der Waals surface area contributed by atoms with Crippen molar-refractivity contribution in [1.82, 2.24) is 4.90 Å². The minimum Gasteiger partial charge on any atom is -0.409 e. The lowest BCUT2D eigenvalue weighted by Crippen LogP contribution is -2.45. The standard InChI is InChI=1S/C12H21N3O3/c13-10(14-18)12(5-6-12)11(17)15-7-1-3-9(15)4-2-8-16/h9,16,18H,1-8H2,(H2,13,14). The van der Waals surface area contributed by atoms with Crippen LogP contribution in [0.5, 0.6) is 0 Å². The molecule has 4 N–H and O–H groups in total. The number of hydrogen-bond donors (Lipinski definition) is 3. The largest absolute Gasteiger partial charge is 0.409 e. The maximum Gasteiger partial charge on any atom is 0.236 e. The third-order valence-electron chi connectivity index (χ3n) is 4.09. The smallest absolute Gasteiger partial charge is 0.236 e. The van der Waals surface area contributed by atoms with Crippen LogP contribution in [-0.4, -0.2) is 46.1 Å². The summed E-state index contributed by atoms with van der Waals surface area (Å²) < 4.78 is 0. The van der Waals surface area contributed by atoms with Crippen molar-refractivity contribution in [2.24, 2.45) is 16.3 Å². The molecule has 1 heterocycles. The molecule has 102 valence electrons. The van der Waals surface area contributed by atoms with E-state index in [0.717, 1.165) is 25.8 Å². The van der Waals surface area contributed by atoms with Crippen molar-refractivity contribution in [3.63, 3.8) is 0 Å². The lowest BCUT2D eigenvalue weighted by molar-refractivity contribution is -0.135. The van der Waals surface area contributed by atoms with E-state index in [-0.39, 0.29) is 24.4 Å². The third kappa shape index (κ3) is 2.16. The van der Waals surface area contributed by atoms with Gasteiger partial charge < -0.3 is 20.9 Å². The molecule has 0 aromatic heterocycles. The Labute approximate surface area is 106 Å². The quantitative estimate of drug-likeness (QED) is 0.284. The van der Waals surface area contributed by atoms with E-state index in [0.29, 0.717) is 19.3 Å². The molecule has 6 heteroatoms. The Morgan fingerprint density at radius 3 is 2.78 bits per heavy atom. The molecule has 1 aliphatic carbocycles. The molecule has 1 atom stereocenters. The summed E-state index contributed by atoms with van der Waals surface area (Å²) in [5.74, 6) is 0.0403. The van der Waals surface area contributed by atoms with Gasteiger partial charge in [-0.15, -0.1) is 0 Å². The number of nitrogens with two attached hydrogens (primary N) is 1. The van der Waals surface area contributed by atoms with E-state index in [9.17, 15) is 4.79 Å². The van der Waals surface area contributed by atoms with Crippen LogP contribution in [0.25, 0.3) is 0 Å². The first kappa shape index (κ1) is 13.1. The lowest BCUT2D eigenvalue weighted by atomic mass is 10.0. The second kappa shape index (κ2) is 5.14. The summed E-state index contributed by atoms with van der Waals surface area (Å²) in [4.78, 5) is 14.4. The fraction of sp³-hybridized carbons (Fsp3) is 0.833. The molecule has 0 aromatic rings. The molecule has 1 aliphatic heterocycles. The first-order chi connectivity index (χ1) is 8.65. The molecule has 1 saturated carbocycles. The van der Waals surface area contributed by atoms with Crippen LogP contribution < -0.4 is 5.73 Å². The van der Waals surface area contributed by atoms with E-state index in [2.05, 4.69) is 5.16 Å². The predicted octanol–water partition coefficient (Wildman–Crippen LogP) is 0.276. The Kier molecular flexibility index (Phi) is 3.75. The van der Waals surface area contributed by atoms with Gasteiger partial charge in [0, 0.05) is 19.2 Å². The van der Waals surface area contributed by atoms with Crippen LogP contribution in [0.4, 0.5) is 0 Å². The number of aliphatic hydroxyl groups is 1. The zero-order chi connectivity index (χ0) is 13.2. The number of hydrogen-bond acceptors (Lipinski definition) is 4. The van der Waals surface area contributed by atoms with Gasteiger partial charge in [0.1, 0.15) is 5.41 Å². The fourth-order valence-electron chi connectivity index (χ4n) is 2.81. The molecule has 2 aliphatic rings. The summed E-state index contributed by atoms with van der Waals surface area (Å²) >= 11 is 0. The summed E-state index contributed by atoms with van der Waals surface area (Å²) in [5, 5.41) is 20.7. The molecule has 1 amide bonds. The summed E-state index contributed by atoms with van der Waals surface area (Å²) in [6, 6.07) is 0.202. The summed E-state index contributed by atoms with van der Waals surface area (Å²) in [6.45, 7) is 0.902. The van der Waals surface area contributed by atoms with Crippen LogP contribution in [0, 0.1) is 5.41 Å². The zero-order valence-corrected chi connectivity index (χ0v) is 10.5. The topological polar surface area (TPSA) is 99.2 Å². The van der Waals surface area contributed by atoms with Crippen molar-refractivity contribution in [2.75, 3.05) is 13.2 Å². The number of amidine groups is 1. The van der Waals surface area contributed by atoms with Gasteiger partial charge in [0.25, 0.3) is 0 Å². The van der Waals surface area contributed by atoms with Crippen LogP contribution in [0.1, 0.15) is 38.5 Å². The Morgan fingerprint density at radius 2 is 2.22 bits per heavy atom. The maximum absolute atomic E-state index is 12.5. The number of carbonyl (C=O) groups excluding carboxylic acids is 1. The number of likely N-dealkylation sites (tertiary alicyclic amines) is 1. The van der Waals surface area contributed by atoms with Crippen LogP contribution in [-0.2, 0) is 4.79 Å². The van der Waals surface area contributed by atoms with Crippen molar-refractivity contribution in [3.05, 3.63) is 0 Å². The molecule has 18 heavy (non-hydrogen) atoms. The SMILES string of the molecule is NC(=NO)C1(C(=O)N2CCCC2CCCO)CC1. The minimum atomic E-state index is -0.740. The van der Waals surface area contributed by atoms with Crippen LogP contribution >= 0.6 is 0 Å². The molecule has 0 radical (unpaired) electrons. The van der Waals surface area contributed by atoms with E-state index >= 15 is 0 Å². The molecule has 2 rings (SSSR count). The van der Waals surface area contributed by atoms with E-state index in [1.165, 1.54) is 0 Å². The Morgan fingerprint density at radius 1 is 1.50 bits per heavy atom. The Bertz CT molecular complexity index is 352. The molecular formula is C12H21N3O3. The number of amides is 1. The van der Waals surface area contributed by atoms with Gasteiger partial charge in [-0.2, -0.15) is 0 Å². The highest BCUT2D eigenvalue weighted by atomic mass is 16.4. The summed E-state index contributed by atoms with van der Waals surface area (Å²) in [6.07, 6.45) is 4.86. The van der Waals surface area contributed by atoms with Crippen LogP contribution in [0.3, 0.4) is 0 Å². The van der Waals surface area contributed by atoms with Crippen molar-refractivity contribution < 1.29 is 15.1 Å². The molecular weight excluding hydrogens is 234 g/mol. The molecule has 6 nitrogen and oxygen atoms in total. The number of aliphatic hydroxyl groups excluding tert-OH is 1. The van der Waals surface area contributed by atoms with Gasteiger partial charge in [-0.3, -0.25) is 4.79 Å². The molecule has 2 fully saturated rings. The summed E-state index contributed by atoms with van der Waals surface area (Å²) in [5.41, 5.74) is 4.90. The normalized spacial score (nSPS) is 26.4. The second-order valence-electron chi connectivity index (χ2n) is 5.23. The number of carbonyl (C=O) groups is 1. The molecule has 0 bridgehead atoms. The highest BCUT2D eigenvalue weighted by Crippen LogP contribution is 2.48. The van der Waals surface area contributed by atoms with E-state index in [4.69, 9.17) is 16.0 Å². The van der Waals surface area contributed by atoms with Crippen molar-refractivity contribution in [3.8, 4) is 0 Å². The van der Waals surface area contributed by atoms with E-state index in [1.807, 2.05) is 4.90 Å². The Balaban J connectivity index is 2.04. The average Bonchev–Trinajstić information content (AvgIpc) is 3.07. The fourth-order valence-corrected chi connectivity index (χ4v) is 2.81. The van der Waals surface area contributed by atoms with Gasteiger partial charge in [-0.05, 0) is 38.5 Å². The highest BCUT2D eigenvalue weighted by Gasteiger charge is 2.56. The molecule has 1 unspecified atom stereocenters. The zero-order valence-electron chi connectivity index (χ0n) is 10.5. The van der Waals surface area contributed by atoms with Crippen LogP contribution in [0.2, 0.25) is 0 Å². The van der Waals surface area contributed by atoms with Gasteiger partial charge in [0.2, 0.25) is 5.91 Å². The average molecular weight is 255 g/mol. The van der Waals surface area contributed by atoms with E-state index in [1.54, 1.807) is 0 Å². The molecule has 0 spiro atoms. The summed E-state index contributed by atoms with van der Waals surface area (Å²) in [7, 11) is 0. The van der Waals surface area contributed by atoms with Gasteiger partial charge in [0.15, 0.2) is 5.84 Å². The highest BCUT2D eigenvalue weighted by molar-refractivity contribution is 6.09. The third-order valence-corrected chi connectivity index (χ3v) is 4.09. The lowest BCUT2D eigenvalue weighted by Gasteiger charge is -2.28. The van der Waals surface area contributed by atoms with Gasteiger partial charge in [-0.1, -0.05) is 5.16 Å². The predicted molar refractivity (Wildman–Crippen MR) is 66.1 cm³/mol. The van der Waals surface area contributed by atoms with Crippen molar-refractivity contribution >= 4 is 11.7 Å². The van der Waals surface area contributed by atoms with Crippen molar-refractivity contribution in [2.45, 2.75) is 44.6 Å². The first-order valence-corrected chi connectivity index (χ1v) is 6.55. The Hall–Kier alpha value is -1.30. The molecule has 1 saturated heterocycles. The van der Waals surface area contributed by atoms with Gasteiger partial charge in [-0.25, -0.2) is 0 Å². The number of oxime groups is 1.